The molecular weight excluding hydrogens is 474 g/mol. The minimum atomic E-state index is -0.235. The van der Waals surface area contributed by atoms with Crippen molar-refractivity contribution in [3.05, 3.63) is 49.1 Å². The van der Waals surface area contributed by atoms with Crippen LogP contribution >= 0.6 is 12.2 Å². The van der Waals surface area contributed by atoms with E-state index in [0.29, 0.717) is 31.4 Å². The zero-order valence-corrected chi connectivity index (χ0v) is 20.0. The molecule has 1 aromatic heterocycles. The first-order valence-corrected chi connectivity index (χ1v) is 11.4. The lowest BCUT2D eigenvalue weighted by Gasteiger charge is -2.34. The van der Waals surface area contributed by atoms with E-state index in [2.05, 4.69) is 33.4 Å². The van der Waals surface area contributed by atoms with Gasteiger partial charge in [-0.1, -0.05) is 31.4 Å². The number of hydrogen-bond donors (Lipinski definition) is 1. The Morgan fingerprint density at radius 1 is 1.06 bits per heavy atom. The monoisotopic (exact) mass is 501 g/mol. The van der Waals surface area contributed by atoms with Gasteiger partial charge in [0.25, 0.3) is 0 Å². The number of rotatable bonds is 11. The van der Waals surface area contributed by atoms with Crippen molar-refractivity contribution in [3.8, 4) is 29.5 Å². The Labute approximate surface area is 208 Å². The zero-order valence-electron chi connectivity index (χ0n) is 19.2. The predicted octanol–water partition coefficient (Wildman–Crippen LogP) is 1.88. The lowest BCUT2D eigenvalue weighted by atomic mass is 10.2. The van der Waals surface area contributed by atoms with Crippen LogP contribution in [0.25, 0.3) is 0 Å². The number of hydrogen-bond acceptors (Lipinski definition) is 10. The van der Waals surface area contributed by atoms with E-state index < -0.39 is 0 Å². The van der Waals surface area contributed by atoms with Crippen molar-refractivity contribution in [2.24, 2.45) is 0 Å². The topological polar surface area (TPSA) is 109 Å². The largest absolute Gasteiger partial charge is 0.460 e. The minimum Gasteiger partial charge on any atom is -0.460 e. The van der Waals surface area contributed by atoms with Crippen LogP contribution in [0.15, 0.2) is 43.5 Å². The summed E-state index contributed by atoms with van der Waals surface area (Å²) in [5, 5.41) is 3.93. The molecular formula is C23H27N5O6S. The Morgan fingerprint density at radius 2 is 1.74 bits per heavy atom. The molecule has 0 amide bonds. The maximum atomic E-state index is 5.84. The first kappa shape index (κ1) is 24.5. The van der Waals surface area contributed by atoms with E-state index in [9.17, 15) is 0 Å². The van der Waals surface area contributed by atoms with Crippen LogP contribution in [0.4, 0.5) is 0 Å². The molecule has 2 aromatic rings. The Morgan fingerprint density at radius 3 is 2.46 bits per heavy atom. The Hall–Kier alpha value is -3.64. The predicted molar refractivity (Wildman–Crippen MR) is 130 cm³/mol. The first-order valence-electron chi connectivity index (χ1n) is 11.0. The summed E-state index contributed by atoms with van der Waals surface area (Å²) < 4.78 is 33.2. The number of benzene rings is 1. The van der Waals surface area contributed by atoms with Gasteiger partial charge in [0.15, 0.2) is 16.6 Å². The van der Waals surface area contributed by atoms with Gasteiger partial charge in [0.05, 0.1) is 6.61 Å². The maximum Gasteiger partial charge on any atom is 0.326 e. The van der Waals surface area contributed by atoms with Gasteiger partial charge in [-0.2, -0.15) is 0 Å². The highest BCUT2D eigenvalue weighted by Gasteiger charge is 2.24. The lowest BCUT2D eigenvalue weighted by Crippen LogP contribution is -2.50. The summed E-state index contributed by atoms with van der Waals surface area (Å²) in [6.45, 7) is 10.5. The molecule has 35 heavy (non-hydrogen) atoms. The number of nitrogens with zero attached hydrogens (tertiary/aromatic N) is 4. The molecule has 1 unspecified atom stereocenters. The fourth-order valence-corrected chi connectivity index (χ4v) is 3.53. The van der Waals surface area contributed by atoms with Gasteiger partial charge in [-0.3, -0.25) is 0 Å². The third kappa shape index (κ3) is 6.93. The molecule has 2 aliphatic heterocycles. The van der Waals surface area contributed by atoms with Crippen molar-refractivity contribution in [1.82, 2.24) is 25.2 Å². The number of morpholine rings is 1. The van der Waals surface area contributed by atoms with Crippen LogP contribution in [0.1, 0.15) is 5.56 Å². The Kier molecular flexibility index (Phi) is 8.52. The molecule has 1 N–H and O–H groups in total. The van der Waals surface area contributed by atoms with Crippen LogP contribution in [0.3, 0.4) is 0 Å². The van der Waals surface area contributed by atoms with Crippen molar-refractivity contribution in [3.63, 3.8) is 0 Å². The van der Waals surface area contributed by atoms with E-state index in [1.165, 1.54) is 0 Å². The molecule has 0 spiro atoms. The Balaban J connectivity index is 1.29. The summed E-state index contributed by atoms with van der Waals surface area (Å²) in [4.78, 5) is 14.4. The molecule has 11 nitrogen and oxygen atoms in total. The van der Waals surface area contributed by atoms with Gasteiger partial charge in [-0.05, 0) is 29.9 Å². The van der Waals surface area contributed by atoms with Crippen LogP contribution in [-0.2, 0) is 11.3 Å². The summed E-state index contributed by atoms with van der Waals surface area (Å²) in [6, 6.07) is 6.05. The third-order valence-corrected chi connectivity index (χ3v) is 5.34. The fourth-order valence-electron chi connectivity index (χ4n) is 3.29. The average molecular weight is 502 g/mol. The first-order chi connectivity index (χ1) is 17.1. The molecule has 1 aromatic carbocycles. The van der Waals surface area contributed by atoms with Gasteiger partial charge in [0.1, 0.15) is 25.9 Å². The van der Waals surface area contributed by atoms with E-state index in [1.54, 1.807) is 12.2 Å². The second-order valence-electron chi connectivity index (χ2n) is 7.48. The van der Waals surface area contributed by atoms with Gasteiger partial charge in [0.2, 0.25) is 6.79 Å². The summed E-state index contributed by atoms with van der Waals surface area (Å²) in [5.41, 5.74) is 1.04. The Bertz CT molecular complexity index is 1020. The van der Waals surface area contributed by atoms with Crippen LogP contribution in [-0.4, -0.2) is 77.4 Å². The van der Waals surface area contributed by atoms with Crippen molar-refractivity contribution in [2.75, 3.05) is 46.3 Å². The van der Waals surface area contributed by atoms with E-state index in [0.717, 1.165) is 17.1 Å². The molecule has 0 bridgehead atoms. The van der Waals surface area contributed by atoms with Crippen LogP contribution in [0.5, 0.6) is 29.5 Å². The molecule has 0 saturated carbocycles. The SMILES string of the molecule is C=CCOc1nc(OCC=C)nc(OCC2CN(C(=S)NCc3ccc4c(c3)OCO4)CCO2)n1. The average Bonchev–Trinajstić information content (AvgIpc) is 3.36. The van der Waals surface area contributed by atoms with Gasteiger partial charge in [0, 0.05) is 19.6 Å². The second kappa shape index (κ2) is 12.2. The van der Waals surface area contributed by atoms with Gasteiger partial charge < -0.3 is 38.6 Å². The van der Waals surface area contributed by atoms with Crippen molar-refractivity contribution in [2.45, 2.75) is 12.6 Å². The van der Waals surface area contributed by atoms with Crippen molar-refractivity contribution >= 4 is 17.3 Å². The van der Waals surface area contributed by atoms with E-state index in [-0.39, 0.29) is 50.7 Å². The maximum absolute atomic E-state index is 5.84. The second-order valence-corrected chi connectivity index (χ2v) is 7.87. The van der Waals surface area contributed by atoms with Crippen LogP contribution in [0.2, 0.25) is 0 Å². The minimum absolute atomic E-state index is 0.0716. The number of ether oxygens (including phenoxy) is 6. The molecule has 0 aliphatic carbocycles. The quantitative estimate of drug-likeness (QED) is 0.359. The van der Waals surface area contributed by atoms with E-state index >= 15 is 0 Å². The third-order valence-electron chi connectivity index (χ3n) is 4.94. The van der Waals surface area contributed by atoms with Gasteiger partial charge in [-0.25, -0.2) is 0 Å². The van der Waals surface area contributed by atoms with Crippen LogP contribution in [0, 0.1) is 0 Å². The molecule has 1 atom stereocenters. The highest BCUT2D eigenvalue weighted by molar-refractivity contribution is 7.80. The molecule has 3 heterocycles. The zero-order chi connectivity index (χ0) is 24.5. The molecule has 2 aliphatic rings. The molecule has 4 rings (SSSR count). The van der Waals surface area contributed by atoms with Crippen molar-refractivity contribution in [1.29, 1.82) is 0 Å². The molecule has 1 saturated heterocycles. The highest BCUT2D eigenvalue weighted by atomic mass is 32.1. The smallest absolute Gasteiger partial charge is 0.326 e. The lowest BCUT2D eigenvalue weighted by molar-refractivity contribution is -0.0306. The molecule has 186 valence electrons. The summed E-state index contributed by atoms with van der Waals surface area (Å²) in [5.74, 6) is 1.50. The van der Waals surface area contributed by atoms with Gasteiger partial charge >= 0.3 is 18.0 Å². The van der Waals surface area contributed by atoms with Gasteiger partial charge in [-0.15, -0.1) is 15.0 Å². The number of fused-ring (bicyclic) bond motifs is 1. The standard InChI is InChI=1S/C23H27N5O6S/c1-3-8-30-20-25-21(31-9-4-2)27-22(26-20)32-14-17-13-28(7-10-29-17)23(35)24-12-16-5-6-18-19(11-16)34-15-33-18/h3-6,11,17H,1-2,7-10,12-15H2,(H,24,35). The molecule has 1 fully saturated rings. The van der Waals surface area contributed by atoms with Crippen molar-refractivity contribution < 1.29 is 28.4 Å². The van der Waals surface area contributed by atoms with E-state index in [4.69, 9.17) is 40.6 Å². The number of nitrogens with one attached hydrogen (secondary N) is 1. The van der Waals surface area contributed by atoms with Crippen LogP contribution < -0.4 is 29.0 Å². The molecule has 12 heteroatoms. The summed E-state index contributed by atoms with van der Waals surface area (Å²) in [7, 11) is 0. The summed E-state index contributed by atoms with van der Waals surface area (Å²) in [6.07, 6.45) is 2.94. The van der Waals surface area contributed by atoms with E-state index in [1.807, 2.05) is 23.1 Å². The number of aromatic nitrogens is 3. The highest BCUT2D eigenvalue weighted by Crippen LogP contribution is 2.32. The fraction of sp³-hybridized carbons (Fsp3) is 0.391. The normalized spacial score (nSPS) is 16.3. The molecule has 0 radical (unpaired) electrons. The summed E-state index contributed by atoms with van der Waals surface area (Å²) >= 11 is 5.60. The number of thiocarbonyl (C=S) groups is 1.